The van der Waals surface area contributed by atoms with Crippen LogP contribution in [0.4, 0.5) is 0 Å². The number of rotatable bonds is 6. The number of ether oxygens (including phenoxy) is 1. The van der Waals surface area contributed by atoms with Gasteiger partial charge in [-0.1, -0.05) is 24.3 Å². The van der Waals surface area contributed by atoms with Crippen molar-refractivity contribution in [2.45, 2.75) is 70.1 Å². The summed E-state index contributed by atoms with van der Waals surface area (Å²) in [5.74, 6) is 0.892. The molecule has 2 atom stereocenters. The minimum atomic E-state index is -0.115. The molecule has 1 fully saturated rings. The summed E-state index contributed by atoms with van der Waals surface area (Å²) in [6.07, 6.45) is 5.95. The lowest BCUT2D eigenvalue weighted by Crippen LogP contribution is -2.42. The molecule has 0 amide bonds. The molecule has 25 heavy (non-hydrogen) atoms. The van der Waals surface area contributed by atoms with Crippen LogP contribution in [0, 0.1) is 0 Å². The molecule has 4 nitrogen and oxygen atoms in total. The lowest BCUT2D eigenvalue weighted by Gasteiger charge is -2.20. The summed E-state index contributed by atoms with van der Waals surface area (Å²) in [5, 5.41) is 7.78. The second kappa shape index (κ2) is 9.48. The highest BCUT2D eigenvalue weighted by Gasteiger charge is 2.24. The predicted octanol–water partition coefficient (Wildman–Crippen LogP) is 3.95. The maximum atomic E-state index is 5.87. The predicted molar refractivity (Wildman–Crippen MR) is 109 cm³/mol. The van der Waals surface area contributed by atoms with Crippen molar-refractivity contribution in [3.63, 3.8) is 0 Å². The smallest absolute Gasteiger partial charge is 0.191 e. The second-order valence-electron chi connectivity index (χ2n) is 7.66. The molecule has 0 spiro atoms. The van der Waals surface area contributed by atoms with E-state index in [1.165, 1.54) is 30.4 Å². The van der Waals surface area contributed by atoms with Crippen LogP contribution < -0.4 is 10.6 Å². The van der Waals surface area contributed by atoms with Crippen LogP contribution >= 0.6 is 11.8 Å². The second-order valence-corrected chi connectivity index (χ2v) is 8.80. The van der Waals surface area contributed by atoms with Gasteiger partial charge in [-0.05, 0) is 57.4 Å². The van der Waals surface area contributed by atoms with Crippen LogP contribution in [0.15, 0.2) is 29.3 Å². The van der Waals surface area contributed by atoms with Crippen molar-refractivity contribution < 1.29 is 4.74 Å². The van der Waals surface area contributed by atoms with Gasteiger partial charge in [0, 0.05) is 24.9 Å². The molecule has 0 aromatic heterocycles. The molecule has 0 aliphatic heterocycles. The molecule has 2 rings (SSSR count). The maximum absolute atomic E-state index is 5.87. The standard InChI is InChI=1S/C20H33N3OS/c1-20(2,3)24-14-16-8-6-7-15(11-16)13-22-19(21-4)23-17-9-10-18(12-17)25-5/h6-8,11,17-18H,9-10,12-14H2,1-5H3,(H2,21,22,23). The molecule has 1 aliphatic rings. The molecule has 1 aromatic rings. The highest BCUT2D eigenvalue weighted by Crippen LogP contribution is 2.28. The van der Waals surface area contributed by atoms with Crippen molar-refractivity contribution >= 4 is 17.7 Å². The van der Waals surface area contributed by atoms with Crippen LogP contribution in [0.1, 0.15) is 51.2 Å². The van der Waals surface area contributed by atoms with Gasteiger partial charge in [-0.2, -0.15) is 11.8 Å². The molecule has 2 unspecified atom stereocenters. The number of benzene rings is 1. The Hall–Kier alpha value is -1.20. The summed E-state index contributed by atoms with van der Waals surface area (Å²) in [7, 11) is 1.84. The first kappa shape index (κ1) is 20.1. The van der Waals surface area contributed by atoms with Crippen LogP contribution in [0.3, 0.4) is 0 Å². The van der Waals surface area contributed by atoms with Crippen LogP contribution in [-0.4, -0.2) is 36.2 Å². The highest BCUT2D eigenvalue weighted by molar-refractivity contribution is 7.99. The van der Waals surface area contributed by atoms with Gasteiger partial charge in [-0.3, -0.25) is 4.99 Å². The molecule has 0 radical (unpaired) electrons. The number of guanidine groups is 1. The Morgan fingerprint density at radius 1 is 1.28 bits per heavy atom. The number of hydrogen-bond donors (Lipinski definition) is 2. The van der Waals surface area contributed by atoms with E-state index in [4.69, 9.17) is 4.74 Å². The van der Waals surface area contributed by atoms with Crippen LogP contribution in [0.5, 0.6) is 0 Å². The van der Waals surface area contributed by atoms with E-state index in [-0.39, 0.29) is 5.60 Å². The van der Waals surface area contributed by atoms with Gasteiger partial charge in [0.2, 0.25) is 0 Å². The molecule has 1 aliphatic carbocycles. The third kappa shape index (κ3) is 7.28. The Morgan fingerprint density at radius 2 is 2.04 bits per heavy atom. The summed E-state index contributed by atoms with van der Waals surface area (Å²) in [6.45, 7) is 7.65. The van der Waals surface area contributed by atoms with Crippen LogP contribution in [0.2, 0.25) is 0 Å². The van der Waals surface area contributed by atoms with Gasteiger partial charge in [0.1, 0.15) is 0 Å². The zero-order valence-corrected chi connectivity index (χ0v) is 17.1. The Bertz CT molecular complexity index is 568. The Morgan fingerprint density at radius 3 is 2.68 bits per heavy atom. The van der Waals surface area contributed by atoms with Crippen molar-refractivity contribution in [2.75, 3.05) is 13.3 Å². The van der Waals surface area contributed by atoms with E-state index in [0.29, 0.717) is 12.6 Å². The van der Waals surface area contributed by atoms with E-state index in [9.17, 15) is 0 Å². The van der Waals surface area contributed by atoms with Gasteiger partial charge in [-0.25, -0.2) is 0 Å². The van der Waals surface area contributed by atoms with Crippen molar-refractivity contribution in [1.82, 2.24) is 10.6 Å². The van der Waals surface area contributed by atoms with Gasteiger partial charge in [0.15, 0.2) is 5.96 Å². The summed E-state index contributed by atoms with van der Waals surface area (Å²) in [4.78, 5) is 4.37. The first-order chi connectivity index (χ1) is 11.9. The van der Waals surface area contributed by atoms with E-state index < -0.39 is 0 Å². The summed E-state index contributed by atoms with van der Waals surface area (Å²) in [5.41, 5.74) is 2.33. The number of hydrogen-bond acceptors (Lipinski definition) is 3. The lowest BCUT2D eigenvalue weighted by molar-refractivity contribution is -0.0149. The first-order valence-corrected chi connectivity index (χ1v) is 10.4. The zero-order valence-electron chi connectivity index (χ0n) is 16.3. The highest BCUT2D eigenvalue weighted by atomic mass is 32.2. The summed E-state index contributed by atoms with van der Waals surface area (Å²) >= 11 is 1.98. The van der Waals surface area contributed by atoms with E-state index in [2.05, 4.69) is 66.9 Å². The van der Waals surface area contributed by atoms with Crippen molar-refractivity contribution in [1.29, 1.82) is 0 Å². The monoisotopic (exact) mass is 363 g/mol. The molecule has 5 heteroatoms. The zero-order chi connectivity index (χ0) is 18.3. The van der Waals surface area contributed by atoms with Crippen molar-refractivity contribution in [3.05, 3.63) is 35.4 Å². The van der Waals surface area contributed by atoms with Crippen molar-refractivity contribution in [2.24, 2.45) is 4.99 Å². The Kier molecular flexibility index (Phi) is 7.63. The van der Waals surface area contributed by atoms with Gasteiger partial charge < -0.3 is 15.4 Å². The molecule has 0 heterocycles. The quantitative estimate of drug-likeness (QED) is 0.593. The number of thioether (sulfide) groups is 1. The number of nitrogens with zero attached hydrogens (tertiary/aromatic N) is 1. The fourth-order valence-electron chi connectivity index (χ4n) is 2.99. The molecule has 0 bridgehead atoms. The Labute approximate surface area is 157 Å². The molecule has 1 aromatic carbocycles. The minimum absolute atomic E-state index is 0.115. The van der Waals surface area contributed by atoms with Gasteiger partial charge in [-0.15, -0.1) is 0 Å². The molecule has 0 saturated heterocycles. The van der Waals surface area contributed by atoms with Gasteiger partial charge >= 0.3 is 0 Å². The normalized spacial score (nSPS) is 21.4. The molecular weight excluding hydrogens is 330 g/mol. The van der Waals surface area contributed by atoms with Crippen LogP contribution in [0.25, 0.3) is 0 Å². The van der Waals surface area contributed by atoms with Crippen molar-refractivity contribution in [3.8, 4) is 0 Å². The fourth-order valence-corrected chi connectivity index (χ4v) is 3.78. The van der Waals surface area contributed by atoms with E-state index in [1.54, 1.807) is 0 Å². The third-order valence-corrected chi connectivity index (χ3v) is 5.50. The third-order valence-electron chi connectivity index (χ3n) is 4.41. The topological polar surface area (TPSA) is 45.7 Å². The largest absolute Gasteiger partial charge is 0.371 e. The average Bonchev–Trinajstić information content (AvgIpc) is 3.04. The molecule has 140 valence electrons. The van der Waals surface area contributed by atoms with Gasteiger partial charge in [0.25, 0.3) is 0 Å². The fraction of sp³-hybridized carbons (Fsp3) is 0.650. The molecule has 1 saturated carbocycles. The average molecular weight is 364 g/mol. The van der Waals surface area contributed by atoms with Crippen LogP contribution in [-0.2, 0) is 17.9 Å². The number of nitrogens with one attached hydrogen (secondary N) is 2. The Balaban J connectivity index is 1.83. The van der Waals surface area contributed by atoms with E-state index >= 15 is 0 Å². The van der Waals surface area contributed by atoms with E-state index in [1.807, 2.05) is 18.8 Å². The lowest BCUT2D eigenvalue weighted by atomic mass is 10.1. The molecular formula is C20H33N3OS. The minimum Gasteiger partial charge on any atom is -0.371 e. The number of aliphatic imine (C=N–C) groups is 1. The maximum Gasteiger partial charge on any atom is 0.191 e. The summed E-state index contributed by atoms with van der Waals surface area (Å²) in [6, 6.07) is 9.08. The first-order valence-electron chi connectivity index (χ1n) is 9.11. The molecule has 2 N–H and O–H groups in total. The van der Waals surface area contributed by atoms with E-state index in [0.717, 1.165) is 17.8 Å². The SMILES string of the molecule is CN=C(NCc1cccc(COC(C)(C)C)c1)NC1CCC(SC)C1. The summed E-state index contributed by atoms with van der Waals surface area (Å²) < 4.78 is 5.87. The van der Waals surface area contributed by atoms with Gasteiger partial charge in [0.05, 0.1) is 12.2 Å².